The molecule has 1 heterocycles. The van der Waals surface area contributed by atoms with Crippen molar-refractivity contribution in [3.8, 4) is 0 Å². The summed E-state index contributed by atoms with van der Waals surface area (Å²) in [6.45, 7) is 0. The van der Waals surface area contributed by atoms with E-state index in [0.717, 1.165) is 21.9 Å². The Kier molecular flexibility index (Phi) is 3.01. The van der Waals surface area contributed by atoms with Gasteiger partial charge in [-0.1, -0.05) is 24.4 Å². The van der Waals surface area contributed by atoms with E-state index in [1.165, 1.54) is 25.7 Å². The molecule has 0 aliphatic heterocycles. The molecule has 0 N–H and O–H groups in total. The summed E-state index contributed by atoms with van der Waals surface area (Å²) in [6, 6.07) is 6.46. The number of halogens is 2. The summed E-state index contributed by atoms with van der Waals surface area (Å²) in [7, 11) is 0. The van der Waals surface area contributed by atoms with Crippen molar-refractivity contribution in [3.05, 3.63) is 29.0 Å². The molecule has 1 fully saturated rings. The van der Waals surface area contributed by atoms with Crippen LogP contribution >= 0.6 is 23.2 Å². The third-order valence-corrected chi connectivity index (χ3v) is 4.01. The number of hydrogen-bond acceptors (Lipinski definition) is 1. The first-order valence-electron chi connectivity index (χ1n) is 6.02. The third-order valence-electron chi connectivity index (χ3n) is 3.53. The van der Waals surface area contributed by atoms with Gasteiger partial charge in [0.05, 0.1) is 16.9 Å². The lowest BCUT2D eigenvalue weighted by atomic mass is 10.2. The first-order valence-corrected chi connectivity index (χ1v) is 6.93. The maximum Gasteiger partial charge on any atom is 0.125 e. The fourth-order valence-corrected chi connectivity index (χ4v) is 3.14. The van der Waals surface area contributed by atoms with Crippen molar-refractivity contribution in [2.75, 3.05) is 0 Å². The first kappa shape index (κ1) is 11.4. The highest BCUT2D eigenvalue weighted by atomic mass is 35.5. The lowest BCUT2D eigenvalue weighted by molar-refractivity contribution is 0.518. The number of hydrogen-bond donors (Lipinski definition) is 0. The number of imidazole rings is 1. The van der Waals surface area contributed by atoms with E-state index in [1.54, 1.807) is 0 Å². The van der Waals surface area contributed by atoms with E-state index in [0.29, 0.717) is 11.9 Å². The molecule has 0 amide bonds. The lowest BCUT2D eigenvalue weighted by Crippen LogP contribution is -2.07. The molecule has 0 spiro atoms. The predicted octanol–water partition coefficient (Wildman–Crippen LogP) is 4.54. The van der Waals surface area contributed by atoms with Crippen molar-refractivity contribution in [1.29, 1.82) is 0 Å². The number of alkyl halides is 1. The van der Waals surface area contributed by atoms with Crippen LogP contribution in [0.4, 0.5) is 0 Å². The van der Waals surface area contributed by atoms with Gasteiger partial charge in [-0.15, -0.1) is 11.6 Å². The molecule has 1 aromatic carbocycles. The van der Waals surface area contributed by atoms with Gasteiger partial charge in [-0.3, -0.25) is 0 Å². The molecule has 4 heteroatoms. The van der Waals surface area contributed by atoms with E-state index >= 15 is 0 Å². The smallest absolute Gasteiger partial charge is 0.125 e. The first-order chi connectivity index (χ1) is 8.29. The Bertz CT molecular complexity index is 542. The molecular formula is C13H14Cl2N2. The summed E-state index contributed by atoms with van der Waals surface area (Å²) >= 11 is 12.0. The van der Waals surface area contributed by atoms with E-state index < -0.39 is 0 Å². The summed E-state index contributed by atoms with van der Waals surface area (Å²) in [5.41, 5.74) is 2.12. The van der Waals surface area contributed by atoms with E-state index in [4.69, 9.17) is 23.2 Å². The zero-order valence-corrected chi connectivity index (χ0v) is 11.0. The normalized spacial score (nSPS) is 17.1. The van der Waals surface area contributed by atoms with Crippen LogP contribution in [-0.2, 0) is 5.88 Å². The van der Waals surface area contributed by atoms with Gasteiger partial charge in [0.2, 0.25) is 0 Å². The zero-order valence-electron chi connectivity index (χ0n) is 9.50. The molecule has 17 heavy (non-hydrogen) atoms. The zero-order chi connectivity index (χ0) is 11.8. The van der Waals surface area contributed by atoms with E-state index in [2.05, 4.69) is 15.6 Å². The van der Waals surface area contributed by atoms with E-state index in [-0.39, 0.29) is 0 Å². The van der Waals surface area contributed by atoms with Crippen molar-refractivity contribution in [2.45, 2.75) is 37.6 Å². The van der Waals surface area contributed by atoms with Crippen LogP contribution in [0.15, 0.2) is 18.2 Å². The van der Waals surface area contributed by atoms with Crippen LogP contribution in [-0.4, -0.2) is 9.55 Å². The number of benzene rings is 1. The largest absolute Gasteiger partial charge is 0.324 e. The highest BCUT2D eigenvalue weighted by Crippen LogP contribution is 2.34. The fourth-order valence-electron chi connectivity index (χ4n) is 2.79. The third kappa shape index (κ3) is 1.94. The van der Waals surface area contributed by atoms with Gasteiger partial charge in [0.25, 0.3) is 0 Å². The van der Waals surface area contributed by atoms with Crippen LogP contribution in [0.3, 0.4) is 0 Å². The van der Waals surface area contributed by atoms with Gasteiger partial charge in [0.15, 0.2) is 0 Å². The maximum atomic E-state index is 6.01. The highest BCUT2D eigenvalue weighted by molar-refractivity contribution is 6.31. The number of rotatable bonds is 2. The van der Waals surface area contributed by atoms with Gasteiger partial charge in [-0.25, -0.2) is 4.98 Å². The summed E-state index contributed by atoms with van der Waals surface area (Å²) in [6.07, 6.45) is 5.08. The fraction of sp³-hybridized carbons (Fsp3) is 0.462. The second kappa shape index (κ2) is 4.51. The van der Waals surface area contributed by atoms with Crippen molar-refractivity contribution in [1.82, 2.24) is 9.55 Å². The van der Waals surface area contributed by atoms with Crippen LogP contribution in [0.1, 0.15) is 37.5 Å². The van der Waals surface area contributed by atoms with Crippen LogP contribution < -0.4 is 0 Å². The molecule has 0 saturated heterocycles. The summed E-state index contributed by atoms with van der Waals surface area (Å²) in [4.78, 5) is 4.58. The Labute approximate surface area is 111 Å². The van der Waals surface area contributed by atoms with Crippen molar-refractivity contribution >= 4 is 34.2 Å². The van der Waals surface area contributed by atoms with Gasteiger partial charge in [0, 0.05) is 11.1 Å². The van der Waals surface area contributed by atoms with E-state index in [1.807, 2.05) is 12.1 Å². The molecule has 90 valence electrons. The van der Waals surface area contributed by atoms with Gasteiger partial charge in [-0.05, 0) is 31.0 Å². The number of aromatic nitrogens is 2. The molecule has 1 aliphatic rings. The summed E-state index contributed by atoms with van der Waals surface area (Å²) < 4.78 is 2.31. The minimum Gasteiger partial charge on any atom is -0.324 e. The standard InChI is InChI=1S/C13H14Cl2N2/c14-8-13-16-11-7-9(15)5-6-12(11)17(13)10-3-1-2-4-10/h5-7,10H,1-4,8H2. The second-order valence-corrected chi connectivity index (χ2v) is 5.31. The maximum absolute atomic E-state index is 6.01. The SMILES string of the molecule is ClCc1nc2cc(Cl)ccc2n1C1CCCC1. The van der Waals surface area contributed by atoms with E-state index in [9.17, 15) is 0 Å². The average Bonchev–Trinajstić information content (AvgIpc) is 2.93. The van der Waals surface area contributed by atoms with Crippen LogP contribution in [0, 0.1) is 0 Å². The van der Waals surface area contributed by atoms with Crippen LogP contribution in [0.2, 0.25) is 5.02 Å². The number of nitrogens with zero attached hydrogens (tertiary/aromatic N) is 2. The molecule has 2 nitrogen and oxygen atoms in total. The lowest BCUT2D eigenvalue weighted by Gasteiger charge is -2.15. The molecule has 1 saturated carbocycles. The second-order valence-electron chi connectivity index (χ2n) is 4.60. The van der Waals surface area contributed by atoms with Crippen molar-refractivity contribution in [3.63, 3.8) is 0 Å². The Balaban J connectivity index is 2.19. The molecule has 0 atom stereocenters. The minimum absolute atomic E-state index is 0.461. The van der Waals surface area contributed by atoms with Crippen LogP contribution in [0.25, 0.3) is 11.0 Å². The monoisotopic (exact) mass is 268 g/mol. The molecule has 1 aromatic heterocycles. The number of fused-ring (bicyclic) bond motifs is 1. The van der Waals surface area contributed by atoms with Crippen molar-refractivity contribution < 1.29 is 0 Å². The van der Waals surface area contributed by atoms with Gasteiger partial charge >= 0.3 is 0 Å². The Morgan fingerprint density at radius 2 is 2.06 bits per heavy atom. The minimum atomic E-state index is 0.461. The molecule has 0 radical (unpaired) electrons. The molecule has 2 aromatic rings. The Morgan fingerprint density at radius 1 is 1.29 bits per heavy atom. The predicted molar refractivity (Wildman–Crippen MR) is 71.8 cm³/mol. The summed E-state index contributed by atoms with van der Waals surface area (Å²) in [5.74, 6) is 1.43. The van der Waals surface area contributed by atoms with Crippen molar-refractivity contribution in [2.24, 2.45) is 0 Å². The van der Waals surface area contributed by atoms with Gasteiger partial charge < -0.3 is 4.57 Å². The highest BCUT2D eigenvalue weighted by Gasteiger charge is 2.22. The molecule has 1 aliphatic carbocycles. The molecular weight excluding hydrogens is 255 g/mol. The van der Waals surface area contributed by atoms with Crippen LogP contribution in [0.5, 0.6) is 0 Å². The quantitative estimate of drug-likeness (QED) is 0.731. The molecule has 3 rings (SSSR count). The summed E-state index contributed by atoms with van der Waals surface area (Å²) in [5, 5.41) is 0.731. The van der Waals surface area contributed by atoms with Gasteiger partial charge in [-0.2, -0.15) is 0 Å². The Morgan fingerprint density at radius 3 is 2.76 bits per heavy atom. The molecule has 0 bridgehead atoms. The molecule has 0 unspecified atom stereocenters. The topological polar surface area (TPSA) is 17.8 Å². The Hall–Kier alpha value is -0.730. The van der Waals surface area contributed by atoms with Gasteiger partial charge in [0.1, 0.15) is 5.82 Å². The average molecular weight is 269 g/mol.